The van der Waals surface area contributed by atoms with Crippen LogP contribution < -0.4 is 11.3 Å². The second-order valence-electron chi connectivity index (χ2n) is 3.12. The van der Waals surface area contributed by atoms with Crippen LogP contribution in [-0.4, -0.2) is 20.7 Å². The quantitative estimate of drug-likeness (QED) is 0.393. The van der Waals surface area contributed by atoms with Gasteiger partial charge in [-0.3, -0.25) is 10.2 Å². The molecule has 80 valence electrons. The van der Waals surface area contributed by atoms with Gasteiger partial charge in [0.2, 0.25) is 5.91 Å². The van der Waals surface area contributed by atoms with Crippen molar-refractivity contribution >= 4 is 5.91 Å². The van der Waals surface area contributed by atoms with E-state index in [4.69, 9.17) is 11.1 Å². The van der Waals surface area contributed by atoms with Crippen molar-refractivity contribution < 1.29 is 4.79 Å². The van der Waals surface area contributed by atoms with Gasteiger partial charge < -0.3 is 0 Å². The monoisotopic (exact) mass is 208 g/mol. The molecular formula is C8H12N6O. The largest absolute Gasteiger partial charge is 0.294 e. The summed E-state index contributed by atoms with van der Waals surface area (Å²) in [5, 5.41) is 12.4. The molecule has 1 rings (SSSR count). The first-order valence-corrected chi connectivity index (χ1v) is 4.48. The molecule has 0 spiro atoms. The first-order valence-electron chi connectivity index (χ1n) is 4.48. The van der Waals surface area contributed by atoms with Gasteiger partial charge in [-0.15, -0.1) is 5.10 Å². The van der Waals surface area contributed by atoms with E-state index in [1.54, 1.807) is 4.68 Å². The zero-order valence-corrected chi connectivity index (χ0v) is 8.34. The van der Waals surface area contributed by atoms with Crippen LogP contribution in [0, 0.1) is 11.3 Å². The van der Waals surface area contributed by atoms with E-state index in [0.29, 0.717) is 12.8 Å². The van der Waals surface area contributed by atoms with Crippen LogP contribution in [0.4, 0.5) is 0 Å². The number of aromatic nitrogens is 3. The Morgan fingerprint density at radius 1 is 1.87 bits per heavy atom. The molecule has 1 aromatic heterocycles. The Bertz CT molecular complexity index is 379. The smallest absolute Gasteiger partial charge is 0.252 e. The molecule has 0 aliphatic carbocycles. The Morgan fingerprint density at radius 2 is 2.60 bits per heavy atom. The Kier molecular flexibility index (Phi) is 3.76. The highest BCUT2D eigenvalue weighted by atomic mass is 16.2. The highest BCUT2D eigenvalue weighted by molar-refractivity contribution is 5.75. The van der Waals surface area contributed by atoms with Gasteiger partial charge in [-0.2, -0.15) is 5.26 Å². The molecule has 0 saturated heterocycles. The van der Waals surface area contributed by atoms with Gasteiger partial charge in [-0.05, 0) is 13.3 Å². The number of hydrogen-bond acceptors (Lipinski definition) is 5. The molecule has 3 N–H and O–H groups in total. The van der Waals surface area contributed by atoms with E-state index in [1.807, 2.05) is 13.0 Å². The van der Waals surface area contributed by atoms with Crippen molar-refractivity contribution in [3.63, 3.8) is 0 Å². The van der Waals surface area contributed by atoms with Gasteiger partial charge in [0.05, 0.1) is 6.04 Å². The van der Waals surface area contributed by atoms with Crippen LogP contribution >= 0.6 is 0 Å². The number of nitrogens with zero attached hydrogens (tertiary/aromatic N) is 4. The van der Waals surface area contributed by atoms with E-state index in [1.165, 1.54) is 6.33 Å². The average molecular weight is 208 g/mol. The van der Waals surface area contributed by atoms with Gasteiger partial charge in [-0.1, -0.05) is 0 Å². The van der Waals surface area contributed by atoms with Crippen LogP contribution in [0.3, 0.4) is 0 Å². The summed E-state index contributed by atoms with van der Waals surface area (Å²) in [6.45, 7) is 1.89. The zero-order valence-electron chi connectivity index (χ0n) is 8.34. The summed E-state index contributed by atoms with van der Waals surface area (Å²) in [4.78, 5) is 14.6. The Morgan fingerprint density at radius 3 is 3.13 bits per heavy atom. The van der Waals surface area contributed by atoms with Gasteiger partial charge in [0, 0.05) is 6.42 Å². The molecule has 0 bridgehead atoms. The van der Waals surface area contributed by atoms with Crippen molar-refractivity contribution in [3.05, 3.63) is 12.2 Å². The fourth-order valence-corrected chi connectivity index (χ4v) is 1.08. The molecule has 1 aromatic rings. The minimum atomic E-state index is -0.220. The van der Waals surface area contributed by atoms with Gasteiger partial charge in [-0.25, -0.2) is 15.5 Å². The van der Waals surface area contributed by atoms with E-state index in [9.17, 15) is 4.79 Å². The molecule has 0 aliphatic heterocycles. The van der Waals surface area contributed by atoms with E-state index in [2.05, 4.69) is 15.5 Å². The third-order valence-electron chi connectivity index (χ3n) is 2.01. The van der Waals surface area contributed by atoms with E-state index in [0.717, 1.165) is 0 Å². The maximum Gasteiger partial charge on any atom is 0.252 e. The first kappa shape index (κ1) is 11.1. The topological polar surface area (TPSA) is 110 Å². The van der Waals surface area contributed by atoms with Crippen molar-refractivity contribution in [3.8, 4) is 6.07 Å². The Labute approximate surface area is 86.9 Å². The SMILES string of the molecule is CC(CCC(=O)NN)n1cnc(C#N)n1. The minimum absolute atomic E-state index is 0.0110. The van der Waals surface area contributed by atoms with Crippen LogP contribution in [0.15, 0.2) is 6.33 Å². The number of amides is 1. The molecule has 0 radical (unpaired) electrons. The van der Waals surface area contributed by atoms with Crippen molar-refractivity contribution in [1.29, 1.82) is 5.26 Å². The molecular weight excluding hydrogens is 196 g/mol. The number of carbonyl (C=O) groups is 1. The first-order chi connectivity index (χ1) is 7.17. The lowest BCUT2D eigenvalue weighted by molar-refractivity contribution is -0.121. The summed E-state index contributed by atoms with van der Waals surface area (Å²) in [6.07, 6.45) is 2.39. The zero-order chi connectivity index (χ0) is 11.3. The third-order valence-corrected chi connectivity index (χ3v) is 2.01. The van der Waals surface area contributed by atoms with Crippen molar-refractivity contribution in [2.24, 2.45) is 5.84 Å². The molecule has 0 fully saturated rings. The van der Waals surface area contributed by atoms with Crippen molar-refractivity contribution in [2.75, 3.05) is 0 Å². The van der Waals surface area contributed by atoms with Crippen LogP contribution in [-0.2, 0) is 4.79 Å². The second-order valence-corrected chi connectivity index (χ2v) is 3.12. The molecule has 1 heterocycles. The van der Waals surface area contributed by atoms with Gasteiger partial charge >= 0.3 is 0 Å². The van der Waals surface area contributed by atoms with Crippen LogP contribution in [0.2, 0.25) is 0 Å². The second kappa shape index (κ2) is 5.07. The fourth-order valence-electron chi connectivity index (χ4n) is 1.08. The third kappa shape index (κ3) is 3.03. The highest BCUT2D eigenvalue weighted by Crippen LogP contribution is 2.10. The Hall–Kier alpha value is -1.94. The van der Waals surface area contributed by atoms with Gasteiger partial charge in [0.1, 0.15) is 12.4 Å². The van der Waals surface area contributed by atoms with Crippen LogP contribution in [0.1, 0.15) is 31.6 Å². The molecule has 1 unspecified atom stereocenters. The molecule has 15 heavy (non-hydrogen) atoms. The lowest BCUT2D eigenvalue weighted by Gasteiger charge is -2.09. The molecule has 1 atom stereocenters. The predicted molar refractivity (Wildman–Crippen MR) is 51.0 cm³/mol. The molecule has 0 aromatic carbocycles. The Balaban J connectivity index is 2.50. The maximum atomic E-state index is 10.9. The van der Waals surface area contributed by atoms with E-state index >= 15 is 0 Å². The number of rotatable bonds is 4. The highest BCUT2D eigenvalue weighted by Gasteiger charge is 2.09. The van der Waals surface area contributed by atoms with E-state index in [-0.39, 0.29) is 17.8 Å². The summed E-state index contributed by atoms with van der Waals surface area (Å²) < 4.78 is 1.56. The van der Waals surface area contributed by atoms with Crippen molar-refractivity contribution in [1.82, 2.24) is 20.2 Å². The average Bonchev–Trinajstić information content (AvgIpc) is 2.73. The van der Waals surface area contributed by atoms with Crippen LogP contribution in [0.5, 0.6) is 0 Å². The number of carbonyl (C=O) groups excluding carboxylic acids is 1. The molecule has 0 aliphatic rings. The standard InChI is InChI=1S/C8H12N6O/c1-6(2-3-8(15)12-10)14-5-11-7(4-9)13-14/h5-6H,2-3,10H2,1H3,(H,12,15). The normalized spacial score (nSPS) is 11.8. The van der Waals surface area contributed by atoms with Crippen molar-refractivity contribution in [2.45, 2.75) is 25.8 Å². The maximum absolute atomic E-state index is 10.9. The number of nitrogens with two attached hydrogens (primary N) is 1. The lowest BCUT2D eigenvalue weighted by Crippen LogP contribution is -2.30. The summed E-state index contributed by atoms with van der Waals surface area (Å²) in [5.41, 5.74) is 2.05. The minimum Gasteiger partial charge on any atom is -0.294 e. The summed E-state index contributed by atoms with van der Waals surface area (Å²) >= 11 is 0. The summed E-state index contributed by atoms with van der Waals surface area (Å²) in [5.74, 6) is 4.86. The number of hydrogen-bond donors (Lipinski definition) is 2. The van der Waals surface area contributed by atoms with Crippen LogP contribution in [0.25, 0.3) is 0 Å². The van der Waals surface area contributed by atoms with E-state index < -0.39 is 0 Å². The molecule has 1 amide bonds. The molecule has 0 saturated carbocycles. The van der Waals surface area contributed by atoms with Gasteiger partial charge in [0.25, 0.3) is 5.82 Å². The molecule has 7 nitrogen and oxygen atoms in total. The summed E-state index contributed by atoms with van der Waals surface area (Å²) in [6, 6.07) is 1.85. The number of nitrogens with one attached hydrogen (secondary N) is 1. The molecule has 7 heteroatoms. The summed E-state index contributed by atoms with van der Waals surface area (Å²) in [7, 11) is 0. The number of nitriles is 1. The number of hydrazine groups is 1. The predicted octanol–water partition coefficient (Wildman–Crippen LogP) is -0.519. The van der Waals surface area contributed by atoms with Gasteiger partial charge in [0.15, 0.2) is 0 Å². The lowest BCUT2D eigenvalue weighted by atomic mass is 10.2. The fraction of sp³-hybridized carbons (Fsp3) is 0.500.